The van der Waals surface area contributed by atoms with Crippen LogP contribution in [0.25, 0.3) is 0 Å². The Hall–Kier alpha value is -0.160. The van der Waals surface area contributed by atoms with Crippen LogP contribution in [0.1, 0.15) is 13.3 Å². The van der Waals surface area contributed by atoms with E-state index in [0.29, 0.717) is 19.6 Å². The van der Waals surface area contributed by atoms with Crippen LogP contribution in [0.3, 0.4) is 0 Å². The number of rotatable bonds is 5. The second kappa shape index (κ2) is 6.95. The molecule has 1 unspecified atom stereocenters. The van der Waals surface area contributed by atoms with Gasteiger partial charge in [-0.1, -0.05) is 0 Å². The Morgan fingerprint density at radius 3 is 2.70 bits per heavy atom. The highest BCUT2D eigenvalue weighted by molar-refractivity contribution is 7.46. The van der Waals surface area contributed by atoms with Gasteiger partial charge in [0.25, 0.3) is 0 Å². The van der Waals surface area contributed by atoms with E-state index in [1.54, 1.807) is 0 Å². The summed E-state index contributed by atoms with van der Waals surface area (Å²) in [6.07, 6.45) is 0.444. The second-order valence-corrected chi connectivity index (χ2v) is 2.99. The van der Waals surface area contributed by atoms with Crippen LogP contribution in [-0.4, -0.2) is 19.9 Å². The third kappa shape index (κ3) is 5.97. The fourth-order valence-corrected chi connectivity index (χ4v) is 1.23. The van der Waals surface area contributed by atoms with Crippen LogP contribution in [0.15, 0.2) is 0 Å². The van der Waals surface area contributed by atoms with Gasteiger partial charge in [-0.15, -0.1) is 0 Å². The zero-order valence-electron chi connectivity index (χ0n) is 6.33. The van der Waals surface area contributed by atoms with Crippen LogP contribution >= 0.6 is 8.38 Å². The van der Waals surface area contributed by atoms with Crippen molar-refractivity contribution in [3.63, 3.8) is 0 Å². The SMILES string of the molecule is CCOP(C)OCCC#N. The van der Waals surface area contributed by atoms with Crippen molar-refractivity contribution >= 4 is 8.38 Å². The van der Waals surface area contributed by atoms with Gasteiger partial charge in [0.05, 0.1) is 25.7 Å². The van der Waals surface area contributed by atoms with Gasteiger partial charge < -0.3 is 9.05 Å². The van der Waals surface area contributed by atoms with Crippen molar-refractivity contribution in [1.82, 2.24) is 0 Å². The molecule has 0 bridgehead atoms. The van der Waals surface area contributed by atoms with Crippen molar-refractivity contribution in [2.24, 2.45) is 0 Å². The van der Waals surface area contributed by atoms with Gasteiger partial charge in [-0.3, -0.25) is 0 Å². The van der Waals surface area contributed by atoms with E-state index in [1.165, 1.54) is 0 Å². The molecule has 0 aliphatic heterocycles. The fourth-order valence-electron chi connectivity index (χ4n) is 0.439. The van der Waals surface area contributed by atoms with E-state index in [9.17, 15) is 0 Å². The van der Waals surface area contributed by atoms with Crippen molar-refractivity contribution in [3.05, 3.63) is 0 Å². The molecular weight excluding hydrogens is 149 g/mol. The predicted octanol–water partition coefficient (Wildman–Crippen LogP) is 1.89. The third-order valence-electron chi connectivity index (χ3n) is 0.798. The monoisotopic (exact) mass is 161 g/mol. The minimum atomic E-state index is -0.743. The largest absolute Gasteiger partial charge is 0.335 e. The maximum Gasteiger partial charge on any atom is 0.167 e. The first-order chi connectivity index (χ1) is 4.81. The number of hydrogen-bond acceptors (Lipinski definition) is 3. The molecule has 0 aromatic heterocycles. The molecule has 0 aromatic rings. The van der Waals surface area contributed by atoms with E-state index in [0.717, 1.165) is 0 Å². The molecule has 0 spiro atoms. The van der Waals surface area contributed by atoms with Crippen molar-refractivity contribution in [2.75, 3.05) is 19.9 Å². The van der Waals surface area contributed by atoms with Crippen LogP contribution in [-0.2, 0) is 9.05 Å². The van der Waals surface area contributed by atoms with E-state index in [-0.39, 0.29) is 0 Å². The van der Waals surface area contributed by atoms with Crippen molar-refractivity contribution < 1.29 is 9.05 Å². The van der Waals surface area contributed by atoms with Gasteiger partial charge in [0.1, 0.15) is 0 Å². The summed E-state index contributed by atoms with van der Waals surface area (Å²) in [6.45, 7) is 4.97. The van der Waals surface area contributed by atoms with Gasteiger partial charge in [-0.2, -0.15) is 5.26 Å². The summed E-state index contributed by atoms with van der Waals surface area (Å²) < 4.78 is 10.3. The van der Waals surface area contributed by atoms with Gasteiger partial charge in [-0.05, 0) is 6.92 Å². The Morgan fingerprint density at radius 1 is 1.50 bits per heavy atom. The van der Waals surface area contributed by atoms with Gasteiger partial charge >= 0.3 is 0 Å². The standard InChI is InChI=1S/C6H12NO2P/c1-3-8-10(2)9-6-4-5-7/h3-4,6H2,1-2H3. The molecule has 0 amide bonds. The Morgan fingerprint density at radius 2 is 2.20 bits per heavy atom. The summed E-state index contributed by atoms with van der Waals surface area (Å²) in [5, 5.41) is 8.15. The quantitative estimate of drug-likeness (QED) is 0.456. The molecule has 0 heterocycles. The Bertz CT molecular complexity index is 113. The molecule has 0 saturated heterocycles. The molecule has 0 radical (unpaired) electrons. The molecule has 0 fully saturated rings. The topological polar surface area (TPSA) is 42.2 Å². The first-order valence-corrected chi connectivity index (χ1v) is 4.80. The summed E-state index contributed by atoms with van der Waals surface area (Å²) in [7, 11) is -0.743. The summed E-state index contributed by atoms with van der Waals surface area (Å²) in [5.41, 5.74) is 0. The van der Waals surface area contributed by atoms with Crippen LogP contribution in [0.5, 0.6) is 0 Å². The summed E-state index contributed by atoms with van der Waals surface area (Å²) in [4.78, 5) is 0. The van der Waals surface area contributed by atoms with E-state index in [1.807, 2.05) is 19.7 Å². The first kappa shape index (κ1) is 9.84. The molecule has 0 aliphatic carbocycles. The van der Waals surface area contributed by atoms with E-state index < -0.39 is 8.38 Å². The molecule has 0 saturated carbocycles. The molecule has 0 rings (SSSR count). The van der Waals surface area contributed by atoms with Crippen LogP contribution in [0.2, 0.25) is 0 Å². The predicted molar refractivity (Wildman–Crippen MR) is 40.7 cm³/mol. The summed E-state index contributed by atoms with van der Waals surface area (Å²) in [5.74, 6) is 0. The van der Waals surface area contributed by atoms with Gasteiger partial charge in [0, 0.05) is 6.66 Å². The van der Waals surface area contributed by atoms with E-state index in [4.69, 9.17) is 14.3 Å². The average Bonchev–Trinajstić information content (AvgIpc) is 1.89. The second-order valence-electron chi connectivity index (χ2n) is 1.60. The highest BCUT2D eigenvalue weighted by Gasteiger charge is 1.98. The fraction of sp³-hybridized carbons (Fsp3) is 0.833. The van der Waals surface area contributed by atoms with Gasteiger partial charge in [0.15, 0.2) is 8.38 Å². The third-order valence-corrected chi connectivity index (χ3v) is 1.97. The van der Waals surface area contributed by atoms with E-state index >= 15 is 0 Å². The lowest BCUT2D eigenvalue weighted by molar-refractivity contribution is 0.267. The molecule has 0 aromatic carbocycles. The zero-order valence-corrected chi connectivity index (χ0v) is 7.23. The highest BCUT2D eigenvalue weighted by atomic mass is 31.2. The molecule has 58 valence electrons. The Labute approximate surface area is 62.9 Å². The smallest absolute Gasteiger partial charge is 0.167 e. The molecule has 3 nitrogen and oxygen atoms in total. The molecular formula is C6H12NO2P. The number of hydrogen-bond donors (Lipinski definition) is 0. The normalized spacial score (nSPS) is 12.5. The van der Waals surface area contributed by atoms with Gasteiger partial charge in [-0.25, -0.2) is 0 Å². The van der Waals surface area contributed by atoms with Crippen LogP contribution in [0.4, 0.5) is 0 Å². The maximum atomic E-state index is 8.15. The summed E-state index contributed by atoms with van der Waals surface area (Å²) >= 11 is 0. The summed E-state index contributed by atoms with van der Waals surface area (Å²) in [6, 6.07) is 1.99. The highest BCUT2D eigenvalue weighted by Crippen LogP contribution is 2.32. The molecule has 0 N–H and O–H groups in total. The lowest BCUT2D eigenvalue weighted by atomic mass is 10.5. The first-order valence-electron chi connectivity index (χ1n) is 3.17. The average molecular weight is 161 g/mol. The van der Waals surface area contributed by atoms with Crippen molar-refractivity contribution in [1.29, 1.82) is 5.26 Å². The Balaban J connectivity index is 3.06. The maximum absolute atomic E-state index is 8.15. The molecule has 10 heavy (non-hydrogen) atoms. The lowest BCUT2D eigenvalue weighted by Crippen LogP contribution is -1.90. The van der Waals surface area contributed by atoms with Crippen LogP contribution < -0.4 is 0 Å². The minimum absolute atomic E-state index is 0.444. The van der Waals surface area contributed by atoms with Crippen LogP contribution in [0, 0.1) is 11.3 Å². The van der Waals surface area contributed by atoms with Crippen molar-refractivity contribution in [2.45, 2.75) is 13.3 Å². The molecule has 0 aliphatic rings. The number of nitriles is 1. The van der Waals surface area contributed by atoms with Crippen molar-refractivity contribution in [3.8, 4) is 6.07 Å². The minimum Gasteiger partial charge on any atom is -0.335 e. The Kier molecular flexibility index (Phi) is 6.84. The molecule has 4 heteroatoms. The van der Waals surface area contributed by atoms with Gasteiger partial charge in [0.2, 0.25) is 0 Å². The lowest BCUT2D eigenvalue weighted by Gasteiger charge is -2.09. The van der Waals surface area contributed by atoms with E-state index in [2.05, 4.69) is 0 Å². The number of nitrogens with zero attached hydrogens (tertiary/aromatic N) is 1. The molecule has 1 atom stereocenters. The zero-order chi connectivity index (χ0) is 7.82.